The molecule has 0 bridgehead atoms. The summed E-state index contributed by atoms with van der Waals surface area (Å²) in [5.41, 5.74) is 13.5. The molecule has 5 heteroatoms. The summed E-state index contributed by atoms with van der Waals surface area (Å²) in [4.78, 5) is 23.9. The van der Waals surface area contributed by atoms with E-state index in [0.29, 0.717) is 18.2 Å². The predicted molar refractivity (Wildman–Crippen MR) is 229 cm³/mol. The lowest BCUT2D eigenvalue weighted by atomic mass is 9.68. The normalized spacial score (nSPS) is 14.9. The minimum absolute atomic E-state index is 0.477. The minimum atomic E-state index is -0.477. The lowest BCUT2D eigenvalue weighted by molar-refractivity contribution is 0.766. The van der Waals surface area contributed by atoms with Crippen molar-refractivity contribution in [2.24, 2.45) is 15.0 Å². The molecule has 2 aromatic heterocycles. The van der Waals surface area contributed by atoms with Crippen LogP contribution >= 0.6 is 0 Å². The molecule has 9 rings (SSSR count). The fraction of sp³-hybridized carbons (Fsp3) is 0.0392. The van der Waals surface area contributed by atoms with Gasteiger partial charge < -0.3 is 0 Å². The highest BCUT2D eigenvalue weighted by molar-refractivity contribution is 6.13. The zero-order valence-electron chi connectivity index (χ0n) is 30.7. The number of aliphatic imine (C=N–C) groups is 3. The summed E-state index contributed by atoms with van der Waals surface area (Å²) in [7, 11) is 0. The zero-order valence-corrected chi connectivity index (χ0v) is 30.7. The van der Waals surface area contributed by atoms with Crippen LogP contribution < -0.4 is 0 Å². The van der Waals surface area contributed by atoms with E-state index in [-0.39, 0.29) is 0 Å². The molecule has 0 radical (unpaired) electrons. The van der Waals surface area contributed by atoms with E-state index in [1.165, 1.54) is 33.4 Å². The molecule has 0 N–H and O–H groups in total. The maximum atomic E-state index is 5.23. The van der Waals surface area contributed by atoms with Gasteiger partial charge >= 0.3 is 0 Å². The number of nitrogens with zero attached hydrogens (tertiary/aromatic N) is 5. The highest BCUT2D eigenvalue weighted by atomic mass is 15.0. The summed E-state index contributed by atoms with van der Waals surface area (Å²) in [6.45, 7) is 4.40. The van der Waals surface area contributed by atoms with E-state index < -0.39 is 5.41 Å². The Morgan fingerprint density at radius 2 is 1.11 bits per heavy atom. The van der Waals surface area contributed by atoms with E-state index >= 15 is 0 Å². The third kappa shape index (κ3) is 6.35. The van der Waals surface area contributed by atoms with Crippen molar-refractivity contribution in [3.63, 3.8) is 0 Å². The summed E-state index contributed by atoms with van der Waals surface area (Å²) in [5.74, 6) is 1.09. The van der Waals surface area contributed by atoms with Crippen molar-refractivity contribution in [2.45, 2.75) is 12.0 Å². The summed E-state index contributed by atoms with van der Waals surface area (Å²) in [5, 5.41) is 0. The fourth-order valence-electron chi connectivity index (χ4n) is 7.92. The first-order valence-electron chi connectivity index (χ1n) is 18.7. The van der Waals surface area contributed by atoms with Crippen LogP contribution in [0.3, 0.4) is 0 Å². The number of benzene rings is 6. The molecule has 2 heterocycles. The first-order valence-corrected chi connectivity index (χ1v) is 18.7. The van der Waals surface area contributed by atoms with Gasteiger partial charge in [0.1, 0.15) is 0 Å². The van der Waals surface area contributed by atoms with E-state index in [2.05, 4.69) is 138 Å². The Kier molecular flexibility index (Phi) is 9.32. The van der Waals surface area contributed by atoms with E-state index in [4.69, 9.17) is 15.0 Å². The second kappa shape index (κ2) is 15.2. The molecule has 0 spiro atoms. The Hall–Kier alpha value is -7.37. The van der Waals surface area contributed by atoms with Gasteiger partial charge in [0.05, 0.1) is 23.3 Å². The molecule has 56 heavy (non-hydrogen) atoms. The molecule has 8 aromatic rings. The van der Waals surface area contributed by atoms with Gasteiger partial charge in [-0.15, -0.1) is 0 Å². The number of hydrogen-bond donors (Lipinski definition) is 0. The average molecular weight is 720 g/mol. The third-order valence-electron chi connectivity index (χ3n) is 10.5. The molecule has 0 amide bonds. The number of pyridine rings is 2. The molecule has 266 valence electrons. The van der Waals surface area contributed by atoms with Crippen LogP contribution in [-0.4, -0.2) is 28.4 Å². The Morgan fingerprint density at radius 3 is 1.86 bits per heavy atom. The third-order valence-corrected chi connectivity index (χ3v) is 10.5. The van der Waals surface area contributed by atoms with Gasteiger partial charge in [-0.2, -0.15) is 0 Å². The first kappa shape index (κ1) is 34.4. The molecule has 0 aliphatic heterocycles. The van der Waals surface area contributed by atoms with Gasteiger partial charge in [0, 0.05) is 34.6 Å². The zero-order chi connectivity index (χ0) is 37.7. The number of amidine groups is 2. The topological polar surface area (TPSA) is 62.9 Å². The Bertz CT molecular complexity index is 2680. The number of rotatable bonds is 8. The molecule has 0 saturated carbocycles. The molecule has 6 aromatic carbocycles. The standard InChI is InChI=1S/C51H37N5/c1-52-49(56-50(37-17-7-3-8-18-37)54-35-36-15-5-2-6-16-36)40-20-13-19-38(33-40)47-25-14-26-48(55-47)39-27-28-46-44(34-39)43-23-11-12-24-45(43)51(46,41-21-9-4-10-22-41)42-29-31-53-32-30-42/h2-34H,1,35H2. The maximum Gasteiger partial charge on any atom is 0.161 e. The molecule has 1 aliphatic carbocycles. The van der Waals surface area contributed by atoms with Gasteiger partial charge in [0.15, 0.2) is 11.7 Å². The molecular formula is C51H37N5. The maximum absolute atomic E-state index is 5.23. The van der Waals surface area contributed by atoms with Crippen LogP contribution in [0, 0.1) is 0 Å². The van der Waals surface area contributed by atoms with Crippen molar-refractivity contribution < 1.29 is 0 Å². The van der Waals surface area contributed by atoms with Crippen molar-refractivity contribution in [3.8, 4) is 33.6 Å². The van der Waals surface area contributed by atoms with E-state index in [9.17, 15) is 0 Å². The summed E-state index contributed by atoms with van der Waals surface area (Å²) in [6.07, 6.45) is 3.78. The van der Waals surface area contributed by atoms with Crippen LogP contribution in [-0.2, 0) is 12.0 Å². The lowest BCUT2D eigenvalue weighted by Gasteiger charge is -2.33. The quantitative estimate of drug-likeness (QED) is 0.116. The molecule has 0 saturated heterocycles. The van der Waals surface area contributed by atoms with Crippen LogP contribution in [0.15, 0.2) is 215 Å². The molecule has 1 unspecified atom stereocenters. The van der Waals surface area contributed by atoms with Gasteiger partial charge in [0.2, 0.25) is 0 Å². The van der Waals surface area contributed by atoms with Crippen molar-refractivity contribution in [1.82, 2.24) is 9.97 Å². The molecule has 1 atom stereocenters. The van der Waals surface area contributed by atoms with Gasteiger partial charge in [0.25, 0.3) is 0 Å². The second-order valence-electron chi connectivity index (χ2n) is 13.7. The Balaban J connectivity index is 1.09. The summed E-state index contributed by atoms with van der Waals surface area (Å²) in [6, 6.07) is 65.2. The van der Waals surface area contributed by atoms with Crippen LogP contribution in [0.25, 0.3) is 33.6 Å². The van der Waals surface area contributed by atoms with Crippen LogP contribution in [0.2, 0.25) is 0 Å². The fourth-order valence-corrected chi connectivity index (χ4v) is 7.92. The smallest absolute Gasteiger partial charge is 0.161 e. The van der Waals surface area contributed by atoms with Gasteiger partial charge in [-0.25, -0.2) is 15.0 Å². The van der Waals surface area contributed by atoms with E-state index in [1.54, 1.807) is 0 Å². The molecular weight excluding hydrogens is 683 g/mol. The van der Waals surface area contributed by atoms with Crippen molar-refractivity contribution >= 4 is 18.4 Å². The largest absolute Gasteiger partial charge is 0.265 e. The molecule has 1 aliphatic rings. The summed E-state index contributed by atoms with van der Waals surface area (Å²) < 4.78 is 0. The highest BCUT2D eigenvalue weighted by Gasteiger charge is 2.46. The number of hydrogen-bond acceptors (Lipinski definition) is 3. The second-order valence-corrected chi connectivity index (χ2v) is 13.7. The van der Waals surface area contributed by atoms with Gasteiger partial charge in [-0.1, -0.05) is 152 Å². The summed E-state index contributed by atoms with van der Waals surface area (Å²) >= 11 is 0. The SMILES string of the molecule is C=NC(=NC(=NCc1ccccc1)c1ccccc1)c1cccc(-c2cccc(-c3ccc4c(c3)-c3ccccc3C4(c3ccccc3)c3ccncc3)n2)c1. The Labute approximate surface area is 327 Å². The van der Waals surface area contributed by atoms with Crippen molar-refractivity contribution in [2.75, 3.05) is 0 Å². The average Bonchev–Trinajstić information content (AvgIpc) is 3.58. The van der Waals surface area contributed by atoms with E-state index in [0.717, 1.165) is 39.2 Å². The van der Waals surface area contributed by atoms with Crippen molar-refractivity contribution in [3.05, 3.63) is 239 Å². The number of aromatic nitrogens is 2. The van der Waals surface area contributed by atoms with E-state index in [1.807, 2.05) is 79.1 Å². The first-order chi connectivity index (χ1) is 27.7. The monoisotopic (exact) mass is 719 g/mol. The van der Waals surface area contributed by atoms with Crippen LogP contribution in [0.1, 0.15) is 38.9 Å². The highest BCUT2D eigenvalue weighted by Crippen LogP contribution is 2.56. The lowest BCUT2D eigenvalue weighted by Crippen LogP contribution is -2.28. The van der Waals surface area contributed by atoms with Crippen molar-refractivity contribution in [1.29, 1.82) is 0 Å². The van der Waals surface area contributed by atoms with Gasteiger partial charge in [-0.3, -0.25) is 9.98 Å². The van der Waals surface area contributed by atoms with Gasteiger partial charge in [-0.05, 0) is 82.1 Å². The van der Waals surface area contributed by atoms with Crippen LogP contribution in [0.4, 0.5) is 0 Å². The predicted octanol–water partition coefficient (Wildman–Crippen LogP) is 11.3. The molecule has 0 fully saturated rings. The van der Waals surface area contributed by atoms with Crippen LogP contribution in [0.5, 0.6) is 0 Å². The minimum Gasteiger partial charge on any atom is -0.265 e. The Morgan fingerprint density at radius 1 is 0.500 bits per heavy atom. The molecule has 5 nitrogen and oxygen atoms in total. The number of fused-ring (bicyclic) bond motifs is 3.